The van der Waals surface area contributed by atoms with E-state index in [9.17, 15) is 4.79 Å². The molecule has 7 heteroatoms. The summed E-state index contributed by atoms with van der Waals surface area (Å²) in [5, 5.41) is 5.21. The molecule has 0 amide bonds. The minimum absolute atomic E-state index is 0.124. The first-order valence-electron chi connectivity index (χ1n) is 11.8. The van der Waals surface area contributed by atoms with Crippen LogP contribution in [0.1, 0.15) is 55.0 Å². The van der Waals surface area contributed by atoms with Crippen molar-refractivity contribution in [1.82, 2.24) is 9.66 Å². The molecule has 5 nitrogen and oxygen atoms in total. The smallest absolute Gasteiger partial charge is 0.282 e. The molecular weight excluding hydrogens is 570 g/mol. The summed E-state index contributed by atoms with van der Waals surface area (Å²) in [6.07, 6.45) is 7.35. The summed E-state index contributed by atoms with van der Waals surface area (Å²) >= 11 is 7.06. The van der Waals surface area contributed by atoms with E-state index in [4.69, 9.17) is 9.72 Å². The molecule has 0 atom stereocenters. The molecule has 0 spiro atoms. The normalized spacial score (nSPS) is 14.6. The first-order valence-corrected chi connectivity index (χ1v) is 13.4. The summed E-state index contributed by atoms with van der Waals surface area (Å²) in [5.41, 5.74) is 2.56. The van der Waals surface area contributed by atoms with Crippen LogP contribution in [0.2, 0.25) is 0 Å². The third kappa shape index (κ3) is 5.57. The number of aromatic nitrogens is 2. The highest BCUT2D eigenvalue weighted by atomic mass is 79.9. The van der Waals surface area contributed by atoms with Crippen molar-refractivity contribution >= 4 is 49.0 Å². The van der Waals surface area contributed by atoms with Gasteiger partial charge < -0.3 is 4.74 Å². The maximum Gasteiger partial charge on any atom is 0.282 e. The largest absolute Gasteiger partial charge is 0.488 e. The van der Waals surface area contributed by atoms with E-state index in [0.717, 1.165) is 62.8 Å². The molecule has 4 aromatic rings. The summed E-state index contributed by atoms with van der Waals surface area (Å²) in [7, 11) is 0. The van der Waals surface area contributed by atoms with E-state index in [0.29, 0.717) is 12.0 Å². The third-order valence-corrected chi connectivity index (χ3v) is 7.48. The molecule has 0 aliphatic heterocycles. The van der Waals surface area contributed by atoms with Crippen LogP contribution in [0.3, 0.4) is 0 Å². The van der Waals surface area contributed by atoms with Gasteiger partial charge in [-0.05, 0) is 82.4 Å². The average Bonchev–Trinajstić information content (AvgIpc) is 2.89. The summed E-state index contributed by atoms with van der Waals surface area (Å²) in [6.45, 7) is 0.474. The minimum atomic E-state index is -0.124. The van der Waals surface area contributed by atoms with Crippen LogP contribution in [0, 0.1) is 0 Å². The molecule has 1 saturated carbocycles. The molecular formula is C28H25Br2N3O2. The number of rotatable bonds is 6. The Kier molecular flexibility index (Phi) is 7.44. The quantitative estimate of drug-likeness (QED) is 0.218. The molecule has 0 unspecified atom stereocenters. The van der Waals surface area contributed by atoms with E-state index < -0.39 is 0 Å². The fraction of sp³-hybridized carbons (Fsp3) is 0.250. The molecule has 5 rings (SSSR count). The van der Waals surface area contributed by atoms with E-state index in [1.54, 1.807) is 6.21 Å². The lowest BCUT2D eigenvalue weighted by molar-refractivity contribution is 0.304. The van der Waals surface area contributed by atoms with E-state index in [-0.39, 0.29) is 11.5 Å². The Morgan fingerprint density at radius 3 is 2.54 bits per heavy atom. The van der Waals surface area contributed by atoms with Crippen LogP contribution in [0.15, 0.2) is 85.6 Å². The van der Waals surface area contributed by atoms with E-state index in [2.05, 4.69) is 37.0 Å². The number of benzene rings is 3. The number of halogens is 2. The summed E-state index contributed by atoms with van der Waals surface area (Å²) < 4.78 is 9.35. The second-order valence-corrected chi connectivity index (χ2v) is 10.6. The van der Waals surface area contributed by atoms with Gasteiger partial charge in [0.2, 0.25) is 0 Å². The van der Waals surface area contributed by atoms with Crippen molar-refractivity contribution in [2.24, 2.45) is 5.10 Å². The number of nitrogens with zero attached hydrogens (tertiary/aromatic N) is 3. The van der Waals surface area contributed by atoms with Crippen molar-refractivity contribution in [2.45, 2.75) is 44.6 Å². The number of ether oxygens (including phenoxy) is 1. The van der Waals surface area contributed by atoms with Gasteiger partial charge >= 0.3 is 0 Å². The predicted molar refractivity (Wildman–Crippen MR) is 147 cm³/mol. The number of para-hydroxylation sites is 1. The van der Waals surface area contributed by atoms with Crippen molar-refractivity contribution < 1.29 is 4.74 Å². The Labute approximate surface area is 221 Å². The lowest BCUT2D eigenvalue weighted by atomic mass is 9.88. The van der Waals surface area contributed by atoms with Crippen LogP contribution in [-0.2, 0) is 6.61 Å². The van der Waals surface area contributed by atoms with Crippen molar-refractivity contribution in [3.8, 4) is 5.75 Å². The Balaban J connectivity index is 1.41. The fourth-order valence-corrected chi connectivity index (χ4v) is 5.23. The molecule has 0 bridgehead atoms. The van der Waals surface area contributed by atoms with Crippen molar-refractivity contribution in [3.05, 3.63) is 103 Å². The van der Waals surface area contributed by atoms with Crippen LogP contribution in [-0.4, -0.2) is 15.9 Å². The SMILES string of the molecule is O=c1c2ccccc2nc(C2CCCCC2)n1N=Cc1ccc(OCc2ccc(Br)cc2)c(Br)c1. The Bertz CT molecular complexity index is 1420. The van der Waals surface area contributed by atoms with Gasteiger partial charge in [-0.3, -0.25) is 4.79 Å². The van der Waals surface area contributed by atoms with Crippen LogP contribution in [0.4, 0.5) is 0 Å². The molecule has 3 aromatic carbocycles. The Morgan fingerprint density at radius 1 is 1.00 bits per heavy atom. The van der Waals surface area contributed by atoms with Gasteiger partial charge in [-0.25, -0.2) is 4.98 Å². The van der Waals surface area contributed by atoms with E-state index in [1.165, 1.54) is 11.1 Å². The summed E-state index contributed by atoms with van der Waals surface area (Å²) in [6, 6.07) is 21.3. The lowest BCUT2D eigenvalue weighted by Gasteiger charge is -2.22. The van der Waals surface area contributed by atoms with Crippen molar-refractivity contribution in [3.63, 3.8) is 0 Å². The standard InChI is InChI=1S/C28H25Br2N3O2/c29-22-13-10-19(11-14-22)18-35-26-15-12-20(16-24(26)30)17-31-33-27(21-6-2-1-3-7-21)32-25-9-5-4-8-23(25)28(33)34/h4-5,8-17,21H,1-3,6-7,18H2. The van der Waals surface area contributed by atoms with Gasteiger partial charge in [-0.15, -0.1) is 0 Å². The average molecular weight is 595 g/mol. The van der Waals surface area contributed by atoms with Gasteiger partial charge in [-0.2, -0.15) is 9.78 Å². The zero-order valence-electron chi connectivity index (χ0n) is 19.2. The summed E-state index contributed by atoms with van der Waals surface area (Å²) in [5.74, 6) is 1.76. The highest BCUT2D eigenvalue weighted by Crippen LogP contribution is 2.32. The first kappa shape index (κ1) is 23.9. The van der Waals surface area contributed by atoms with Crippen LogP contribution < -0.4 is 10.3 Å². The highest BCUT2D eigenvalue weighted by Gasteiger charge is 2.22. The maximum atomic E-state index is 13.4. The van der Waals surface area contributed by atoms with Gasteiger partial charge in [-0.1, -0.05) is 59.5 Å². The zero-order valence-corrected chi connectivity index (χ0v) is 22.3. The van der Waals surface area contributed by atoms with Gasteiger partial charge in [0.15, 0.2) is 0 Å². The number of fused-ring (bicyclic) bond motifs is 1. The van der Waals surface area contributed by atoms with Gasteiger partial charge in [0.1, 0.15) is 18.2 Å². The van der Waals surface area contributed by atoms with Crippen molar-refractivity contribution in [2.75, 3.05) is 0 Å². The lowest BCUT2D eigenvalue weighted by Crippen LogP contribution is -2.25. The molecule has 1 aromatic heterocycles. The molecule has 0 N–H and O–H groups in total. The Morgan fingerprint density at radius 2 is 1.77 bits per heavy atom. The van der Waals surface area contributed by atoms with Crippen LogP contribution in [0.5, 0.6) is 5.75 Å². The zero-order chi connectivity index (χ0) is 24.2. The highest BCUT2D eigenvalue weighted by molar-refractivity contribution is 9.10. The number of hydrogen-bond donors (Lipinski definition) is 0. The molecule has 35 heavy (non-hydrogen) atoms. The predicted octanol–water partition coefficient (Wildman–Crippen LogP) is 7.43. The minimum Gasteiger partial charge on any atom is -0.488 e. The van der Waals surface area contributed by atoms with Gasteiger partial charge in [0, 0.05) is 10.4 Å². The topological polar surface area (TPSA) is 56.5 Å². The molecule has 1 aliphatic carbocycles. The Hall–Kier alpha value is -2.77. The second-order valence-electron chi connectivity index (χ2n) is 8.79. The first-order chi connectivity index (χ1) is 17.1. The fourth-order valence-electron chi connectivity index (χ4n) is 4.46. The molecule has 178 valence electrons. The van der Waals surface area contributed by atoms with E-state index >= 15 is 0 Å². The summed E-state index contributed by atoms with van der Waals surface area (Å²) in [4.78, 5) is 18.2. The maximum absolute atomic E-state index is 13.4. The molecule has 0 radical (unpaired) electrons. The van der Waals surface area contributed by atoms with Gasteiger partial charge in [0.25, 0.3) is 5.56 Å². The van der Waals surface area contributed by atoms with E-state index in [1.807, 2.05) is 66.7 Å². The number of hydrogen-bond acceptors (Lipinski definition) is 4. The van der Waals surface area contributed by atoms with Crippen molar-refractivity contribution in [1.29, 1.82) is 0 Å². The molecule has 1 aliphatic rings. The van der Waals surface area contributed by atoms with Crippen LogP contribution >= 0.6 is 31.9 Å². The van der Waals surface area contributed by atoms with Crippen LogP contribution in [0.25, 0.3) is 10.9 Å². The molecule has 1 heterocycles. The molecule has 1 fully saturated rings. The third-order valence-electron chi connectivity index (χ3n) is 6.33. The second kappa shape index (κ2) is 10.9. The molecule has 0 saturated heterocycles. The monoisotopic (exact) mass is 593 g/mol. The van der Waals surface area contributed by atoms with Gasteiger partial charge in [0.05, 0.1) is 21.6 Å².